The molecule has 8 heteroatoms. The first-order valence-electron chi connectivity index (χ1n) is 8.28. The van der Waals surface area contributed by atoms with Crippen molar-refractivity contribution in [3.63, 3.8) is 0 Å². The molecule has 26 heavy (non-hydrogen) atoms. The van der Waals surface area contributed by atoms with E-state index in [2.05, 4.69) is 15.5 Å². The summed E-state index contributed by atoms with van der Waals surface area (Å²) in [4.78, 5) is 14.9. The smallest absolute Gasteiger partial charge is 0.255 e. The molecule has 2 rings (SSSR count). The van der Waals surface area contributed by atoms with Crippen LogP contribution in [0.15, 0.2) is 33.8 Å². The van der Waals surface area contributed by atoms with Crippen molar-refractivity contribution in [1.29, 1.82) is 5.26 Å². The van der Waals surface area contributed by atoms with E-state index >= 15 is 0 Å². The molecule has 0 aliphatic heterocycles. The number of nitrogens with zero attached hydrogens (tertiary/aromatic N) is 3. The Morgan fingerprint density at radius 1 is 1.42 bits per heavy atom. The number of carbonyl (C=O) groups is 1. The fourth-order valence-electron chi connectivity index (χ4n) is 2.27. The number of hydrogen-bond donors (Lipinski definition) is 2. The van der Waals surface area contributed by atoms with Crippen LogP contribution in [-0.4, -0.2) is 23.7 Å². The molecule has 0 aliphatic carbocycles. The van der Waals surface area contributed by atoms with Crippen molar-refractivity contribution in [3.05, 3.63) is 41.4 Å². The topological polar surface area (TPSA) is 127 Å². The molecule has 0 bridgehead atoms. The fraction of sp³-hybridized carbons (Fsp3) is 0.333. The van der Waals surface area contributed by atoms with Gasteiger partial charge in [0.15, 0.2) is 6.61 Å². The first kappa shape index (κ1) is 19.0. The van der Waals surface area contributed by atoms with Gasteiger partial charge in [-0.05, 0) is 42.7 Å². The molecule has 2 aromatic rings. The molecule has 8 nitrogen and oxygen atoms in total. The van der Waals surface area contributed by atoms with E-state index < -0.39 is 5.91 Å². The quantitative estimate of drug-likeness (QED) is 0.526. The summed E-state index contributed by atoms with van der Waals surface area (Å²) in [7, 11) is 0. The summed E-state index contributed by atoms with van der Waals surface area (Å²) < 4.78 is 10.8. The molecular weight excluding hydrogens is 334 g/mol. The van der Waals surface area contributed by atoms with Gasteiger partial charge in [0.2, 0.25) is 11.6 Å². The van der Waals surface area contributed by atoms with Crippen molar-refractivity contribution in [3.8, 4) is 11.8 Å². The van der Waals surface area contributed by atoms with Crippen LogP contribution >= 0.6 is 0 Å². The summed E-state index contributed by atoms with van der Waals surface area (Å²) in [6, 6.07) is 8.93. The molecule has 1 aromatic heterocycles. The summed E-state index contributed by atoms with van der Waals surface area (Å²) in [5, 5.41) is 13.3. The Morgan fingerprint density at radius 3 is 2.69 bits per heavy atom. The van der Waals surface area contributed by atoms with Crippen molar-refractivity contribution < 1.29 is 13.9 Å². The Hall–Kier alpha value is -3.34. The summed E-state index contributed by atoms with van der Waals surface area (Å²) in [5.41, 5.74) is 8.71. The number of benzene rings is 1. The molecule has 1 aromatic carbocycles. The van der Waals surface area contributed by atoms with Crippen LogP contribution in [0.3, 0.4) is 0 Å². The Labute approximate surface area is 151 Å². The number of rotatable bonds is 9. The maximum Gasteiger partial charge on any atom is 0.255 e. The molecule has 0 aliphatic rings. The molecule has 0 radical (unpaired) electrons. The minimum absolute atomic E-state index is 0.170. The lowest BCUT2D eigenvalue weighted by Gasteiger charge is -2.05. The van der Waals surface area contributed by atoms with Crippen LogP contribution in [0.1, 0.15) is 49.8 Å². The zero-order chi connectivity index (χ0) is 18.9. The van der Waals surface area contributed by atoms with Crippen LogP contribution in [0.25, 0.3) is 0 Å². The van der Waals surface area contributed by atoms with Gasteiger partial charge < -0.3 is 14.9 Å². The second-order valence-corrected chi connectivity index (χ2v) is 5.55. The van der Waals surface area contributed by atoms with E-state index in [-0.39, 0.29) is 24.1 Å². The lowest BCUT2D eigenvalue weighted by Crippen LogP contribution is -2.19. The minimum Gasteiger partial charge on any atom is -0.484 e. The van der Waals surface area contributed by atoms with Crippen LogP contribution in [0.4, 0.5) is 5.88 Å². The number of aromatic nitrogens is 1. The Kier molecular flexibility index (Phi) is 6.74. The summed E-state index contributed by atoms with van der Waals surface area (Å²) in [6.07, 6.45) is 3.34. The predicted molar refractivity (Wildman–Crippen MR) is 96.9 cm³/mol. The molecule has 0 fully saturated rings. The standard InChI is InChI=1S/C18H21N5O3/c1-3-13(4-2)17-22-15(9-19)18(26-17)23-21-10-12-5-7-14(8-6-12)25-11-16(20)24/h5-8,10,13,23H,3-4,11H2,1-2H3,(H2,20,24). The normalized spacial score (nSPS) is 10.8. The number of hydrogen-bond acceptors (Lipinski definition) is 7. The highest BCUT2D eigenvalue weighted by molar-refractivity contribution is 5.80. The second kappa shape index (κ2) is 9.22. The molecule has 0 spiro atoms. The summed E-state index contributed by atoms with van der Waals surface area (Å²) in [5.74, 6) is 0.945. The number of nitriles is 1. The highest BCUT2D eigenvalue weighted by atomic mass is 16.5. The number of carbonyl (C=O) groups excluding carboxylic acids is 1. The first-order chi connectivity index (χ1) is 12.6. The van der Waals surface area contributed by atoms with Gasteiger partial charge >= 0.3 is 0 Å². The van der Waals surface area contributed by atoms with E-state index in [9.17, 15) is 10.1 Å². The van der Waals surface area contributed by atoms with Crippen molar-refractivity contribution >= 4 is 18.0 Å². The summed E-state index contributed by atoms with van der Waals surface area (Å²) >= 11 is 0. The van der Waals surface area contributed by atoms with Gasteiger partial charge in [-0.3, -0.25) is 4.79 Å². The Balaban J connectivity index is 2.01. The third-order valence-electron chi connectivity index (χ3n) is 3.73. The predicted octanol–water partition coefficient (Wildman–Crippen LogP) is 2.76. The van der Waals surface area contributed by atoms with E-state index in [0.29, 0.717) is 11.6 Å². The van der Waals surface area contributed by atoms with E-state index in [1.165, 1.54) is 0 Å². The Morgan fingerprint density at radius 2 is 2.12 bits per heavy atom. The highest BCUT2D eigenvalue weighted by Gasteiger charge is 2.18. The fourth-order valence-corrected chi connectivity index (χ4v) is 2.27. The van der Waals surface area contributed by atoms with E-state index in [4.69, 9.17) is 14.9 Å². The number of primary amides is 1. The number of anilines is 1. The molecule has 1 amide bonds. The zero-order valence-electron chi connectivity index (χ0n) is 14.7. The van der Waals surface area contributed by atoms with Crippen LogP contribution in [-0.2, 0) is 4.79 Å². The lowest BCUT2D eigenvalue weighted by molar-refractivity contribution is -0.119. The van der Waals surface area contributed by atoms with E-state index in [1.807, 2.05) is 19.9 Å². The van der Waals surface area contributed by atoms with Crippen molar-refractivity contribution in [2.75, 3.05) is 12.0 Å². The molecule has 0 atom stereocenters. The molecule has 0 saturated carbocycles. The van der Waals surface area contributed by atoms with E-state index in [0.717, 1.165) is 18.4 Å². The van der Waals surface area contributed by atoms with Crippen molar-refractivity contribution in [2.24, 2.45) is 10.8 Å². The van der Waals surface area contributed by atoms with Crippen LogP contribution in [0.5, 0.6) is 5.75 Å². The third kappa shape index (κ3) is 5.08. The second-order valence-electron chi connectivity index (χ2n) is 5.55. The lowest BCUT2D eigenvalue weighted by atomic mass is 10.0. The third-order valence-corrected chi connectivity index (χ3v) is 3.73. The van der Waals surface area contributed by atoms with E-state index in [1.54, 1.807) is 30.5 Å². The monoisotopic (exact) mass is 355 g/mol. The maximum atomic E-state index is 10.7. The van der Waals surface area contributed by atoms with Gasteiger partial charge in [0.1, 0.15) is 11.8 Å². The van der Waals surface area contributed by atoms with Crippen molar-refractivity contribution in [1.82, 2.24) is 4.98 Å². The Bertz CT molecular complexity index is 801. The van der Waals surface area contributed by atoms with Gasteiger partial charge in [-0.2, -0.15) is 10.4 Å². The number of nitrogens with one attached hydrogen (secondary N) is 1. The SMILES string of the molecule is CCC(CC)c1nc(C#N)c(NN=Cc2ccc(OCC(N)=O)cc2)o1. The molecule has 136 valence electrons. The molecule has 1 heterocycles. The van der Waals surface area contributed by atoms with Crippen LogP contribution < -0.4 is 15.9 Å². The van der Waals surface area contributed by atoms with Gasteiger partial charge in [0.05, 0.1) is 6.21 Å². The minimum atomic E-state index is -0.534. The average Bonchev–Trinajstić information content (AvgIpc) is 3.05. The van der Waals surface area contributed by atoms with Gasteiger partial charge in [-0.15, -0.1) is 0 Å². The van der Waals surface area contributed by atoms with Crippen LogP contribution in [0, 0.1) is 11.3 Å². The number of hydrazone groups is 1. The van der Waals surface area contributed by atoms with Gasteiger partial charge in [-0.1, -0.05) is 13.8 Å². The maximum absolute atomic E-state index is 10.7. The van der Waals surface area contributed by atoms with Gasteiger partial charge in [0, 0.05) is 5.92 Å². The number of oxazole rings is 1. The molecule has 0 saturated heterocycles. The largest absolute Gasteiger partial charge is 0.484 e. The zero-order valence-corrected chi connectivity index (χ0v) is 14.7. The molecular formula is C18H21N5O3. The van der Waals surface area contributed by atoms with Crippen molar-refractivity contribution in [2.45, 2.75) is 32.6 Å². The molecule has 3 N–H and O–H groups in total. The summed E-state index contributed by atoms with van der Waals surface area (Å²) in [6.45, 7) is 3.93. The first-order valence-corrected chi connectivity index (χ1v) is 8.28. The van der Waals surface area contributed by atoms with Gasteiger partial charge in [0.25, 0.3) is 11.8 Å². The number of amides is 1. The highest BCUT2D eigenvalue weighted by Crippen LogP contribution is 2.27. The number of ether oxygens (including phenoxy) is 1. The van der Waals surface area contributed by atoms with Gasteiger partial charge in [-0.25, -0.2) is 10.4 Å². The van der Waals surface area contributed by atoms with Crippen LogP contribution in [0.2, 0.25) is 0 Å². The number of nitrogens with two attached hydrogens (primary N) is 1. The average molecular weight is 355 g/mol. The molecule has 0 unspecified atom stereocenters.